The second kappa shape index (κ2) is 13.2. The number of halogens is 4. The molecule has 1 aromatic rings. The molecular formula is C17H16Cl4O3. The third-order valence-electron chi connectivity index (χ3n) is 2.70. The second-order valence-corrected chi connectivity index (χ2v) is 6.02. The van der Waals surface area contributed by atoms with Crippen LogP contribution in [0.5, 0.6) is 0 Å². The van der Waals surface area contributed by atoms with Crippen LogP contribution in [0.1, 0.15) is 18.9 Å². The van der Waals surface area contributed by atoms with Crippen LogP contribution in [0.3, 0.4) is 0 Å². The van der Waals surface area contributed by atoms with Gasteiger partial charge in [-0.1, -0.05) is 49.4 Å². The predicted octanol–water partition coefficient (Wildman–Crippen LogP) is 5.17. The van der Waals surface area contributed by atoms with Crippen LogP contribution in [0.25, 0.3) is 6.08 Å². The van der Waals surface area contributed by atoms with Crippen LogP contribution in [-0.4, -0.2) is 21.6 Å². The van der Waals surface area contributed by atoms with E-state index in [9.17, 15) is 14.4 Å². The number of hydrogen-bond donors (Lipinski definition) is 0. The van der Waals surface area contributed by atoms with E-state index in [1.165, 1.54) is 6.08 Å². The van der Waals surface area contributed by atoms with Gasteiger partial charge in [0.2, 0.25) is 5.24 Å². The molecule has 0 heterocycles. The number of rotatable bonds is 7. The van der Waals surface area contributed by atoms with E-state index < -0.39 is 10.5 Å². The zero-order valence-electron chi connectivity index (χ0n) is 12.8. The maximum Gasteiger partial charge on any atom is 0.257 e. The van der Waals surface area contributed by atoms with Crippen LogP contribution < -0.4 is 0 Å². The smallest absolute Gasteiger partial charge is 0.257 e. The summed E-state index contributed by atoms with van der Waals surface area (Å²) in [7, 11) is 0. The summed E-state index contributed by atoms with van der Waals surface area (Å²) in [5.41, 5.74) is 0.706. The molecule has 0 N–H and O–H groups in total. The molecular weight excluding hydrogens is 394 g/mol. The lowest BCUT2D eigenvalue weighted by molar-refractivity contribution is -0.115. The van der Waals surface area contributed by atoms with Crippen molar-refractivity contribution in [2.45, 2.75) is 13.3 Å². The Morgan fingerprint density at radius 3 is 1.96 bits per heavy atom. The van der Waals surface area contributed by atoms with Crippen molar-refractivity contribution in [3.63, 3.8) is 0 Å². The number of carbonyl (C=O) groups is 3. The lowest BCUT2D eigenvalue weighted by Crippen LogP contribution is -2.03. The largest absolute Gasteiger partial charge is 0.281 e. The highest BCUT2D eigenvalue weighted by molar-refractivity contribution is 6.79. The average molecular weight is 410 g/mol. The zero-order valence-corrected chi connectivity index (χ0v) is 15.9. The number of carbonyl (C=O) groups excluding carboxylic acids is 3. The summed E-state index contributed by atoms with van der Waals surface area (Å²) in [4.78, 5) is 31.8. The van der Waals surface area contributed by atoms with E-state index in [4.69, 9.17) is 46.4 Å². The number of hydrogen-bond acceptors (Lipinski definition) is 3. The molecule has 0 aromatic heterocycles. The normalized spacial score (nSPS) is 11.2. The van der Waals surface area contributed by atoms with Crippen molar-refractivity contribution in [2.75, 3.05) is 5.88 Å². The first-order valence-corrected chi connectivity index (χ1v) is 8.54. The molecule has 0 radical (unpaired) electrons. The summed E-state index contributed by atoms with van der Waals surface area (Å²) in [5.74, 6) is 0.411. The van der Waals surface area contributed by atoms with E-state index in [-0.39, 0.29) is 16.7 Å². The fraction of sp³-hybridized carbons (Fsp3) is 0.235. The summed E-state index contributed by atoms with van der Waals surface area (Å²) in [5, 5.41) is -2.03. The van der Waals surface area contributed by atoms with Crippen molar-refractivity contribution < 1.29 is 14.4 Å². The molecule has 0 aliphatic heterocycles. The van der Waals surface area contributed by atoms with Gasteiger partial charge in [-0.05, 0) is 52.9 Å². The Labute approximate surface area is 161 Å². The fourth-order valence-corrected chi connectivity index (χ4v) is 2.09. The molecule has 0 bridgehead atoms. The molecule has 7 heteroatoms. The van der Waals surface area contributed by atoms with Gasteiger partial charge < -0.3 is 0 Å². The molecule has 1 unspecified atom stereocenters. The van der Waals surface area contributed by atoms with Gasteiger partial charge >= 0.3 is 0 Å². The Hall–Kier alpha value is -1.13. The van der Waals surface area contributed by atoms with Gasteiger partial charge in [-0.15, -0.1) is 11.6 Å². The summed E-state index contributed by atoms with van der Waals surface area (Å²) in [6.45, 7) is 1.76. The Morgan fingerprint density at radius 1 is 1.04 bits per heavy atom. The number of benzene rings is 1. The summed E-state index contributed by atoms with van der Waals surface area (Å²) in [6.07, 6.45) is 5.24. The van der Waals surface area contributed by atoms with Crippen LogP contribution in [-0.2, 0) is 14.4 Å². The van der Waals surface area contributed by atoms with Gasteiger partial charge in [0.1, 0.15) is 0 Å². The van der Waals surface area contributed by atoms with Gasteiger partial charge in [0.25, 0.3) is 10.5 Å². The molecule has 130 valence electrons. The van der Waals surface area contributed by atoms with Crippen molar-refractivity contribution in [2.24, 2.45) is 5.92 Å². The van der Waals surface area contributed by atoms with Crippen LogP contribution in [0, 0.1) is 5.92 Å². The summed E-state index contributed by atoms with van der Waals surface area (Å²) < 4.78 is 0. The molecule has 0 saturated heterocycles. The molecule has 1 aromatic carbocycles. The maximum absolute atomic E-state index is 10.8. The van der Waals surface area contributed by atoms with Crippen molar-refractivity contribution in [3.8, 4) is 0 Å². The lowest BCUT2D eigenvalue weighted by atomic mass is 10.1. The first-order chi connectivity index (χ1) is 11.3. The molecule has 1 rings (SSSR count). The molecule has 24 heavy (non-hydrogen) atoms. The first kappa shape index (κ1) is 22.9. The predicted molar refractivity (Wildman–Crippen MR) is 101 cm³/mol. The second-order valence-electron chi connectivity index (χ2n) is 4.58. The molecule has 0 amide bonds. The zero-order chi connectivity index (χ0) is 18.5. The minimum atomic E-state index is -0.863. The highest BCUT2D eigenvalue weighted by Gasteiger charge is 2.11. The highest BCUT2D eigenvalue weighted by Crippen LogP contribution is 2.08. The Morgan fingerprint density at radius 2 is 1.58 bits per heavy atom. The van der Waals surface area contributed by atoms with Crippen LogP contribution in [0.15, 0.2) is 48.1 Å². The molecule has 0 saturated carbocycles. The van der Waals surface area contributed by atoms with Gasteiger partial charge in [0.05, 0.1) is 5.57 Å². The van der Waals surface area contributed by atoms with Crippen LogP contribution in [0.2, 0.25) is 0 Å². The van der Waals surface area contributed by atoms with Gasteiger partial charge in [0.15, 0.2) is 0 Å². The topological polar surface area (TPSA) is 51.2 Å². The minimum Gasteiger partial charge on any atom is -0.281 e. The number of alkyl halides is 1. The SMILES string of the molecule is CC(CCCl)C(=O)Cl.O=C(Cl)C(=CC=Cc1ccccc1)C(=O)Cl. The van der Waals surface area contributed by atoms with Gasteiger partial charge in [-0.25, -0.2) is 0 Å². The molecule has 0 spiro atoms. The Balaban J connectivity index is 0.000000561. The molecule has 1 atom stereocenters. The third kappa shape index (κ3) is 10.6. The quantitative estimate of drug-likeness (QED) is 0.156. The van der Waals surface area contributed by atoms with E-state index >= 15 is 0 Å². The number of allylic oxidation sites excluding steroid dienone is 3. The molecule has 0 aliphatic carbocycles. The van der Waals surface area contributed by atoms with E-state index in [1.807, 2.05) is 30.3 Å². The van der Waals surface area contributed by atoms with Gasteiger partial charge in [-0.2, -0.15) is 0 Å². The fourth-order valence-electron chi connectivity index (χ4n) is 1.31. The third-order valence-corrected chi connectivity index (χ3v) is 3.70. The van der Waals surface area contributed by atoms with Crippen molar-refractivity contribution in [1.82, 2.24) is 0 Å². The average Bonchev–Trinajstić information content (AvgIpc) is 2.52. The lowest BCUT2D eigenvalue weighted by Gasteiger charge is -1.98. The monoisotopic (exact) mass is 408 g/mol. The van der Waals surface area contributed by atoms with Gasteiger partial charge in [0, 0.05) is 11.8 Å². The molecule has 0 fully saturated rings. The molecule has 0 aliphatic rings. The van der Waals surface area contributed by atoms with Crippen LogP contribution >= 0.6 is 46.4 Å². The van der Waals surface area contributed by atoms with Crippen molar-refractivity contribution >= 4 is 68.2 Å². The Kier molecular flexibility index (Phi) is 12.6. The first-order valence-electron chi connectivity index (χ1n) is 6.88. The Bertz CT molecular complexity index is 594. The summed E-state index contributed by atoms with van der Waals surface area (Å²) in [6, 6.07) is 9.42. The standard InChI is InChI=1S/C12H8Cl2O2.C5H8Cl2O/c13-11(15)10(12(14)16)8-4-7-9-5-2-1-3-6-9;1-4(2-3-6)5(7)8/h1-8H;4H,2-3H2,1H3. The van der Waals surface area contributed by atoms with Crippen molar-refractivity contribution in [3.05, 3.63) is 53.6 Å². The van der Waals surface area contributed by atoms with Gasteiger partial charge in [-0.3, -0.25) is 14.4 Å². The van der Waals surface area contributed by atoms with Crippen LogP contribution in [0.4, 0.5) is 0 Å². The minimum absolute atomic E-state index is 0.0887. The molecule has 3 nitrogen and oxygen atoms in total. The van der Waals surface area contributed by atoms with E-state index in [0.29, 0.717) is 12.3 Å². The van der Waals surface area contributed by atoms with Crippen molar-refractivity contribution in [1.29, 1.82) is 0 Å². The summed E-state index contributed by atoms with van der Waals surface area (Å²) >= 11 is 20.8. The van der Waals surface area contributed by atoms with E-state index in [2.05, 4.69) is 0 Å². The highest BCUT2D eigenvalue weighted by atomic mass is 35.5. The van der Waals surface area contributed by atoms with E-state index in [1.54, 1.807) is 19.1 Å². The van der Waals surface area contributed by atoms with E-state index in [0.717, 1.165) is 5.56 Å². The maximum atomic E-state index is 10.8.